The first-order chi connectivity index (χ1) is 13.2. The van der Waals surface area contributed by atoms with Crippen LogP contribution in [0.3, 0.4) is 0 Å². The van der Waals surface area contributed by atoms with Gasteiger partial charge in [0, 0.05) is 49.9 Å². The lowest BCUT2D eigenvalue weighted by Gasteiger charge is -2.31. The standard InChI is InChI=1S/C20H22N4O2S/c1-23-12-9-21-20(23)27-14-15-7-10-24(11-8-15)19(25)17-13-18(26-22-17)16-5-3-2-4-6-16/h2-6,9,12-13,15H,7-8,10-11,14H2,1H3. The Kier molecular flexibility index (Phi) is 5.29. The van der Waals surface area contributed by atoms with E-state index >= 15 is 0 Å². The van der Waals surface area contributed by atoms with Gasteiger partial charge in [-0.05, 0) is 18.8 Å². The summed E-state index contributed by atoms with van der Waals surface area (Å²) in [6.45, 7) is 1.52. The minimum absolute atomic E-state index is 0.0452. The fourth-order valence-electron chi connectivity index (χ4n) is 3.26. The summed E-state index contributed by atoms with van der Waals surface area (Å²) in [7, 11) is 2.01. The normalized spacial score (nSPS) is 15.2. The van der Waals surface area contributed by atoms with E-state index in [-0.39, 0.29) is 5.91 Å². The molecule has 2 aromatic heterocycles. The van der Waals surface area contributed by atoms with E-state index in [2.05, 4.69) is 10.1 Å². The van der Waals surface area contributed by atoms with Gasteiger partial charge >= 0.3 is 0 Å². The molecule has 6 nitrogen and oxygen atoms in total. The van der Waals surface area contributed by atoms with Crippen molar-refractivity contribution in [3.63, 3.8) is 0 Å². The van der Waals surface area contributed by atoms with E-state index < -0.39 is 0 Å². The van der Waals surface area contributed by atoms with Crippen LogP contribution in [0.15, 0.2) is 58.5 Å². The summed E-state index contributed by atoms with van der Waals surface area (Å²) in [5, 5.41) is 5.03. The first-order valence-corrected chi connectivity index (χ1v) is 10.1. The number of aryl methyl sites for hydroxylation is 1. The van der Waals surface area contributed by atoms with Gasteiger partial charge in [0.2, 0.25) is 0 Å². The van der Waals surface area contributed by atoms with Gasteiger partial charge in [-0.1, -0.05) is 47.3 Å². The van der Waals surface area contributed by atoms with Crippen LogP contribution in [0.25, 0.3) is 11.3 Å². The van der Waals surface area contributed by atoms with Crippen molar-refractivity contribution in [1.82, 2.24) is 19.6 Å². The van der Waals surface area contributed by atoms with Crippen molar-refractivity contribution in [2.75, 3.05) is 18.8 Å². The number of hydrogen-bond donors (Lipinski definition) is 0. The SMILES string of the molecule is Cn1ccnc1SCC1CCN(C(=O)c2cc(-c3ccccc3)on2)CC1. The number of piperidine rings is 1. The van der Waals surface area contributed by atoms with Crippen LogP contribution in [0.4, 0.5) is 0 Å². The van der Waals surface area contributed by atoms with Crippen LogP contribution in [0, 0.1) is 5.92 Å². The highest BCUT2D eigenvalue weighted by atomic mass is 32.2. The lowest BCUT2D eigenvalue weighted by atomic mass is 9.99. The number of nitrogens with zero attached hydrogens (tertiary/aromatic N) is 4. The topological polar surface area (TPSA) is 64.2 Å². The number of aromatic nitrogens is 3. The average molecular weight is 382 g/mol. The van der Waals surface area contributed by atoms with Crippen LogP contribution in [-0.2, 0) is 7.05 Å². The number of thioether (sulfide) groups is 1. The highest BCUT2D eigenvalue weighted by molar-refractivity contribution is 7.99. The fraction of sp³-hybridized carbons (Fsp3) is 0.350. The number of imidazole rings is 1. The van der Waals surface area contributed by atoms with E-state index in [0.717, 1.165) is 42.4 Å². The van der Waals surface area contributed by atoms with E-state index in [0.29, 0.717) is 17.4 Å². The summed E-state index contributed by atoms with van der Waals surface area (Å²) in [5.41, 5.74) is 1.31. The second-order valence-corrected chi connectivity index (χ2v) is 7.80. The van der Waals surface area contributed by atoms with Crippen molar-refractivity contribution in [1.29, 1.82) is 0 Å². The minimum atomic E-state index is -0.0452. The molecule has 3 aromatic rings. The highest BCUT2D eigenvalue weighted by Crippen LogP contribution is 2.27. The quantitative estimate of drug-likeness (QED) is 0.629. The molecule has 0 aliphatic carbocycles. The van der Waals surface area contributed by atoms with Crippen LogP contribution in [-0.4, -0.2) is 44.4 Å². The Labute approximate surface area is 162 Å². The summed E-state index contributed by atoms with van der Waals surface area (Å²) in [4.78, 5) is 19.0. The molecular formula is C20H22N4O2S. The molecule has 0 spiro atoms. The van der Waals surface area contributed by atoms with Gasteiger partial charge in [-0.3, -0.25) is 4.79 Å². The molecule has 1 saturated heterocycles. The average Bonchev–Trinajstić information content (AvgIpc) is 3.36. The number of rotatable bonds is 5. The van der Waals surface area contributed by atoms with Gasteiger partial charge in [0.05, 0.1) is 0 Å². The largest absolute Gasteiger partial charge is 0.355 e. The molecule has 7 heteroatoms. The predicted molar refractivity (Wildman–Crippen MR) is 104 cm³/mol. The van der Waals surface area contributed by atoms with Crippen LogP contribution >= 0.6 is 11.8 Å². The lowest BCUT2D eigenvalue weighted by Crippen LogP contribution is -2.39. The molecule has 1 amide bonds. The van der Waals surface area contributed by atoms with E-state index in [1.807, 2.05) is 59.2 Å². The third-order valence-corrected chi connectivity index (χ3v) is 6.20. The van der Waals surface area contributed by atoms with Gasteiger partial charge in [-0.2, -0.15) is 0 Å². The van der Waals surface area contributed by atoms with Crippen LogP contribution in [0.1, 0.15) is 23.3 Å². The lowest BCUT2D eigenvalue weighted by molar-refractivity contribution is 0.0688. The van der Waals surface area contributed by atoms with E-state index in [9.17, 15) is 4.79 Å². The van der Waals surface area contributed by atoms with Gasteiger partial charge in [-0.25, -0.2) is 4.98 Å². The van der Waals surface area contributed by atoms with Crippen molar-refractivity contribution in [3.05, 3.63) is 54.5 Å². The zero-order valence-electron chi connectivity index (χ0n) is 15.2. The van der Waals surface area contributed by atoms with Crippen molar-refractivity contribution < 1.29 is 9.32 Å². The Morgan fingerprint density at radius 3 is 2.74 bits per heavy atom. The molecule has 0 saturated carbocycles. The summed E-state index contributed by atoms with van der Waals surface area (Å²) >= 11 is 1.79. The number of likely N-dealkylation sites (tertiary alicyclic amines) is 1. The van der Waals surface area contributed by atoms with Crippen LogP contribution in [0.2, 0.25) is 0 Å². The molecule has 3 heterocycles. The molecular weight excluding hydrogens is 360 g/mol. The monoisotopic (exact) mass is 382 g/mol. The first-order valence-electron chi connectivity index (χ1n) is 9.12. The summed E-state index contributed by atoms with van der Waals surface area (Å²) in [5.74, 6) is 2.22. The Morgan fingerprint density at radius 2 is 2.04 bits per heavy atom. The third kappa shape index (κ3) is 4.08. The van der Waals surface area contributed by atoms with Crippen LogP contribution in [0.5, 0.6) is 0 Å². The summed E-state index contributed by atoms with van der Waals surface area (Å²) in [6, 6.07) is 11.4. The van der Waals surface area contributed by atoms with Crippen LogP contribution < -0.4 is 0 Å². The predicted octanol–water partition coefficient (Wildman–Crippen LogP) is 3.72. The molecule has 4 rings (SSSR count). The van der Waals surface area contributed by atoms with Crippen molar-refractivity contribution in [2.24, 2.45) is 13.0 Å². The van der Waals surface area contributed by atoms with Gasteiger partial charge in [0.15, 0.2) is 16.6 Å². The Balaban J connectivity index is 1.31. The molecule has 0 bridgehead atoms. The maximum Gasteiger partial charge on any atom is 0.276 e. The zero-order chi connectivity index (χ0) is 18.6. The van der Waals surface area contributed by atoms with Gasteiger partial charge in [-0.15, -0.1) is 0 Å². The van der Waals surface area contributed by atoms with E-state index in [1.165, 1.54) is 0 Å². The molecule has 140 valence electrons. The molecule has 1 aliphatic heterocycles. The minimum Gasteiger partial charge on any atom is -0.355 e. The van der Waals surface area contributed by atoms with Crippen molar-refractivity contribution >= 4 is 17.7 Å². The number of amides is 1. The second-order valence-electron chi connectivity index (χ2n) is 6.81. The maximum absolute atomic E-state index is 12.7. The smallest absolute Gasteiger partial charge is 0.276 e. The van der Waals surface area contributed by atoms with Crippen molar-refractivity contribution in [2.45, 2.75) is 18.0 Å². The van der Waals surface area contributed by atoms with Gasteiger partial charge in [0.25, 0.3) is 5.91 Å². The summed E-state index contributed by atoms with van der Waals surface area (Å²) in [6.07, 6.45) is 5.80. The molecule has 1 aromatic carbocycles. The highest BCUT2D eigenvalue weighted by Gasteiger charge is 2.26. The van der Waals surface area contributed by atoms with E-state index in [4.69, 9.17) is 4.52 Å². The fourth-order valence-corrected chi connectivity index (χ4v) is 4.38. The molecule has 1 aliphatic rings. The third-order valence-electron chi connectivity index (χ3n) is 4.91. The Bertz CT molecular complexity index is 898. The molecule has 0 atom stereocenters. The Morgan fingerprint density at radius 1 is 1.26 bits per heavy atom. The molecule has 27 heavy (non-hydrogen) atoms. The second kappa shape index (κ2) is 8.00. The molecule has 1 fully saturated rings. The maximum atomic E-state index is 12.7. The zero-order valence-corrected chi connectivity index (χ0v) is 16.1. The molecule has 0 radical (unpaired) electrons. The summed E-state index contributed by atoms with van der Waals surface area (Å²) < 4.78 is 7.40. The Hall–Kier alpha value is -2.54. The molecule has 0 N–H and O–H groups in total. The van der Waals surface area contributed by atoms with Crippen molar-refractivity contribution in [3.8, 4) is 11.3 Å². The molecule has 0 unspecified atom stereocenters. The number of hydrogen-bond acceptors (Lipinski definition) is 5. The van der Waals surface area contributed by atoms with Gasteiger partial charge < -0.3 is 14.0 Å². The number of benzene rings is 1. The van der Waals surface area contributed by atoms with E-state index in [1.54, 1.807) is 17.8 Å². The van der Waals surface area contributed by atoms with Gasteiger partial charge in [0.1, 0.15) is 0 Å². The first kappa shape index (κ1) is 17.9. The number of carbonyl (C=O) groups is 1. The number of carbonyl (C=O) groups excluding carboxylic acids is 1.